The van der Waals surface area contributed by atoms with Crippen LogP contribution in [0.1, 0.15) is 55.6 Å². The van der Waals surface area contributed by atoms with E-state index < -0.39 is 0 Å². The van der Waals surface area contributed by atoms with Crippen LogP contribution < -0.4 is 0 Å². The Morgan fingerprint density at radius 3 is 1.21 bits per heavy atom. The highest BCUT2D eigenvalue weighted by molar-refractivity contribution is 5.78. The van der Waals surface area contributed by atoms with Gasteiger partial charge in [0.15, 0.2) is 11.4 Å². The van der Waals surface area contributed by atoms with Crippen LogP contribution in [0, 0.1) is 35.8 Å². The summed E-state index contributed by atoms with van der Waals surface area (Å²) in [6.45, 7) is 14.2. The zero-order valence-electron chi connectivity index (χ0n) is 28.3. The van der Waals surface area contributed by atoms with Crippen LogP contribution in [-0.2, 0) is 0 Å². The third kappa shape index (κ3) is 10.6. The Morgan fingerprint density at radius 1 is 0.385 bits per heavy atom. The molecule has 0 saturated carbocycles. The molecular formula is C48H32N4. The molecule has 0 atom stereocenters. The van der Waals surface area contributed by atoms with Crippen LogP contribution >= 0.6 is 0 Å². The lowest BCUT2D eigenvalue weighted by Crippen LogP contribution is -1.80. The molecule has 0 unspecified atom stereocenters. The van der Waals surface area contributed by atoms with Crippen LogP contribution in [0.2, 0.25) is 0 Å². The standard InChI is InChI=1S/2C24H16N2/c1-26-24-16-14-22(15-17-24)9-8-20-4-2-19(3-5-20)6-7-21-10-12-23(18-25)13-11-21;1-26-24-9-5-4-7-22(24)17-15-20-12-10-19(11-13-20)14-16-21-6-2-3-8-23(21)18-25/h2*2-17H. The SMILES string of the molecule is [C-]#[N+]c1ccc(C=Cc2ccc(C=Cc3ccc(C#N)cc3)cc2)cc1.[C-]#[N+]c1ccccc1C=Cc1ccc(C=Cc2ccccc2C#N)cc1. The van der Waals surface area contributed by atoms with Crippen molar-refractivity contribution in [1.82, 2.24) is 0 Å². The summed E-state index contributed by atoms with van der Waals surface area (Å²) < 4.78 is 0. The lowest BCUT2D eigenvalue weighted by atomic mass is 10.1. The fourth-order valence-corrected chi connectivity index (χ4v) is 5.00. The van der Waals surface area contributed by atoms with Crippen molar-refractivity contribution in [3.8, 4) is 12.1 Å². The number of benzene rings is 6. The Morgan fingerprint density at radius 2 is 0.769 bits per heavy atom. The molecule has 0 aliphatic heterocycles. The van der Waals surface area contributed by atoms with Crippen molar-refractivity contribution in [2.24, 2.45) is 0 Å². The molecule has 0 heterocycles. The van der Waals surface area contributed by atoms with Crippen molar-refractivity contribution >= 4 is 60.0 Å². The van der Waals surface area contributed by atoms with Gasteiger partial charge in [0.05, 0.1) is 36.4 Å². The minimum absolute atomic E-state index is 0.652. The molecule has 52 heavy (non-hydrogen) atoms. The van der Waals surface area contributed by atoms with Crippen LogP contribution in [0.3, 0.4) is 0 Å². The monoisotopic (exact) mass is 664 g/mol. The van der Waals surface area contributed by atoms with Gasteiger partial charge < -0.3 is 0 Å². The molecule has 6 aromatic carbocycles. The van der Waals surface area contributed by atoms with Gasteiger partial charge in [0, 0.05) is 0 Å². The Kier molecular flexibility index (Phi) is 12.8. The summed E-state index contributed by atoms with van der Waals surface area (Å²) in [5, 5.41) is 17.9. The molecule has 0 aromatic heterocycles. The van der Waals surface area contributed by atoms with Gasteiger partial charge in [0.2, 0.25) is 0 Å². The molecule has 0 saturated heterocycles. The van der Waals surface area contributed by atoms with Gasteiger partial charge >= 0.3 is 0 Å². The zero-order valence-corrected chi connectivity index (χ0v) is 28.3. The van der Waals surface area contributed by atoms with Crippen molar-refractivity contribution in [2.45, 2.75) is 0 Å². The first-order valence-corrected chi connectivity index (χ1v) is 16.4. The number of nitriles is 2. The smallest absolute Gasteiger partial charge is 0.194 e. The van der Waals surface area contributed by atoms with E-state index in [9.17, 15) is 0 Å². The summed E-state index contributed by atoms with van der Waals surface area (Å²) in [6.07, 6.45) is 16.1. The second-order valence-electron chi connectivity index (χ2n) is 11.5. The molecule has 0 fully saturated rings. The van der Waals surface area contributed by atoms with E-state index in [2.05, 4.69) is 58.2 Å². The Bertz CT molecular complexity index is 2230. The van der Waals surface area contributed by atoms with Crippen molar-refractivity contribution in [2.75, 3.05) is 0 Å². The average molecular weight is 665 g/mol. The number of hydrogen-bond donors (Lipinski definition) is 0. The first-order chi connectivity index (χ1) is 25.6. The topological polar surface area (TPSA) is 56.3 Å². The predicted octanol–water partition coefficient (Wildman–Crippen LogP) is 12.9. The highest BCUT2D eigenvalue weighted by Gasteiger charge is 1.98. The van der Waals surface area contributed by atoms with Gasteiger partial charge in [0.25, 0.3) is 0 Å². The lowest BCUT2D eigenvalue weighted by molar-refractivity contribution is 1.47. The van der Waals surface area contributed by atoms with E-state index in [-0.39, 0.29) is 0 Å². The number of para-hydroxylation sites is 1. The summed E-state index contributed by atoms with van der Waals surface area (Å²) in [6, 6.07) is 50.9. The lowest BCUT2D eigenvalue weighted by Gasteiger charge is -1.99. The fraction of sp³-hybridized carbons (Fsp3) is 0. The van der Waals surface area contributed by atoms with Crippen LogP contribution in [0.15, 0.2) is 146 Å². The van der Waals surface area contributed by atoms with Crippen molar-refractivity contribution in [3.63, 3.8) is 0 Å². The van der Waals surface area contributed by atoms with Gasteiger partial charge in [-0.15, -0.1) is 0 Å². The van der Waals surface area contributed by atoms with Gasteiger partial charge in [0.1, 0.15) is 0 Å². The Hall–Kier alpha value is -7.76. The average Bonchev–Trinajstić information content (AvgIpc) is 3.22. The normalized spacial score (nSPS) is 10.7. The molecule has 4 heteroatoms. The van der Waals surface area contributed by atoms with Crippen LogP contribution in [-0.4, -0.2) is 0 Å². The van der Waals surface area contributed by atoms with Gasteiger partial charge in [-0.25, -0.2) is 9.69 Å². The van der Waals surface area contributed by atoms with E-state index >= 15 is 0 Å². The second kappa shape index (κ2) is 18.7. The van der Waals surface area contributed by atoms with E-state index in [4.69, 9.17) is 23.7 Å². The second-order valence-corrected chi connectivity index (χ2v) is 11.5. The molecule has 0 aliphatic rings. The van der Waals surface area contributed by atoms with E-state index in [1.165, 1.54) is 0 Å². The minimum Gasteiger partial charge on any atom is -0.238 e. The van der Waals surface area contributed by atoms with Gasteiger partial charge in [-0.1, -0.05) is 176 Å². The van der Waals surface area contributed by atoms with E-state index in [1.807, 2.05) is 158 Å². The third-order valence-corrected chi connectivity index (χ3v) is 7.92. The van der Waals surface area contributed by atoms with Crippen LogP contribution in [0.5, 0.6) is 0 Å². The third-order valence-electron chi connectivity index (χ3n) is 7.92. The van der Waals surface area contributed by atoms with Crippen molar-refractivity contribution < 1.29 is 0 Å². The summed E-state index contributed by atoms with van der Waals surface area (Å²) in [5.41, 5.74) is 11.0. The quantitative estimate of drug-likeness (QED) is 0.120. The summed E-state index contributed by atoms with van der Waals surface area (Å²) >= 11 is 0. The predicted molar refractivity (Wildman–Crippen MR) is 216 cm³/mol. The van der Waals surface area contributed by atoms with E-state index in [0.717, 1.165) is 44.5 Å². The van der Waals surface area contributed by atoms with Crippen LogP contribution in [0.4, 0.5) is 11.4 Å². The van der Waals surface area contributed by atoms with Crippen molar-refractivity contribution in [3.05, 3.63) is 224 Å². The number of hydrogen-bond acceptors (Lipinski definition) is 2. The molecule has 244 valence electrons. The molecule has 4 nitrogen and oxygen atoms in total. The zero-order chi connectivity index (χ0) is 36.4. The first-order valence-electron chi connectivity index (χ1n) is 16.4. The maximum absolute atomic E-state index is 9.13. The van der Waals surface area contributed by atoms with Gasteiger partial charge in [-0.3, -0.25) is 0 Å². The molecule has 0 aliphatic carbocycles. The van der Waals surface area contributed by atoms with Crippen molar-refractivity contribution in [1.29, 1.82) is 10.5 Å². The van der Waals surface area contributed by atoms with E-state index in [0.29, 0.717) is 22.5 Å². The maximum Gasteiger partial charge on any atom is 0.194 e. The first kappa shape index (κ1) is 35.5. The largest absolute Gasteiger partial charge is 0.238 e. The van der Waals surface area contributed by atoms with Gasteiger partial charge in [-0.05, 0) is 62.7 Å². The summed E-state index contributed by atoms with van der Waals surface area (Å²) in [5.74, 6) is 0. The molecule has 0 spiro atoms. The number of rotatable bonds is 8. The minimum atomic E-state index is 0.652. The highest BCUT2D eigenvalue weighted by Crippen LogP contribution is 2.22. The molecule has 0 amide bonds. The van der Waals surface area contributed by atoms with Crippen LogP contribution in [0.25, 0.3) is 58.3 Å². The fourth-order valence-electron chi connectivity index (χ4n) is 5.00. The molecule has 0 radical (unpaired) electrons. The maximum atomic E-state index is 9.13. The highest BCUT2D eigenvalue weighted by atomic mass is 14.6. The summed E-state index contributed by atoms with van der Waals surface area (Å²) in [7, 11) is 0. The van der Waals surface area contributed by atoms with E-state index in [1.54, 1.807) is 0 Å². The summed E-state index contributed by atoms with van der Waals surface area (Å²) in [4.78, 5) is 6.92. The molecule has 6 aromatic rings. The number of nitrogens with zero attached hydrogens (tertiary/aromatic N) is 4. The molecular weight excluding hydrogens is 633 g/mol. The molecule has 0 N–H and O–H groups in total. The Balaban J connectivity index is 0.000000201. The molecule has 6 rings (SSSR count). The van der Waals surface area contributed by atoms with Gasteiger partial charge in [-0.2, -0.15) is 10.5 Å². The molecule has 0 bridgehead atoms. The Labute approximate surface area is 305 Å².